The number of carbonyl (C=O) groups excluding carboxylic acids is 1. The molecular formula is C24H41IN6O. The quantitative estimate of drug-likeness (QED) is 0.307. The zero-order valence-electron chi connectivity index (χ0n) is 20.1. The zero-order chi connectivity index (χ0) is 22.2. The first-order valence-corrected chi connectivity index (χ1v) is 11.9. The number of likely N-dealkylation sites (tertiary alicyclic amines) is 1. The lowest BCUT2D eigenvalue weighted by Gasteiger charge is -2.38. The first-order valence-electron chi connectivity index (χ1n) is 11.9. The number of halogens is 1. The predicted octanol–water partition coefficient (Wildman–Crippen LogP) is 2.63. The summed E-state index contributed by atoms with van der Waals surface area (Å²) in [7, 11) is 0. The molecule has 0 radical (unpaired) electrons. The number of nitrogens with one attached hydrogen (secondary N) is 2. The highest BCUT2D eigenvalue weighted by Gasteiger charge is 2.28. The minimum Gasteiger partial charge on any atom is -0.369 e. The first-order chi connectivity index (χ1) is 15.0. The monoisotopic (exact) mass is 556 g/mol. The van der Waals surface area contributed by atoms with Crippen molar-refractivity contribution in [2.45, 2.75) is 46.2 Å². The van der Waals surface area contributed by atoms with Gasteiger partial charge in [-0.3, -0.25) is 14.7 Å². The van der Waals surface area contributed by atoms with E-state index < -0.39 is 0 Å². The Balaban J connectivity index is 0.00000363. The number of piperazine rings is 1. The standard InChI is InChI=1S/C24H40N6O.HI/c1-5-25-24(27-21-11-12-30(18-21)23(31)19(2)3)26-17-20(4)28-13-15-29(16-14-28)22-9-7-6-8-10-22;/h6-10,19-21H,5,11-18H2,1-4H3,(H2,25,26,27);1H. The fourth-order valence-corrected chi connectivity index (χ4v) is 4.36. The summed E-state index contributed by atoms with van der Waals surface area (Å²) < 4.78 is 0. The molecule has 7 nitrogen and oxygen atoms in total. The number of guanidine groups is 1. The summed E-state index contributed by atoms with van der Waals surface area (Å²) in [6.45, 7) is 15.7. The number of amides is 1. The topological polar surface area (TPSA) is 63.2 Å². The molecule has 32 heavy (non-hydrogen) atoms. The molecule has 2 unspecified atom stereocenters. The van der Waals surface area contributed by atoms with Crippen molar-refractivity contribution in [1.29, 1.82) is 0 Å². The van der Waals surface area contributed by atoms with Crippen LogP contribution >= 0.6 is 24.0 Å². The number of hydrogen-bond donors (Lipinski definition) is 2. The van der Waals surface area contributed by atoms with Crippen molar-refractivity contribution in [2.75, 3.05) is 57.3 Å². The maximum atomic E-state index is 12.2. The molecule has 180 valence electrons. The second-order valence-electron chi connectivity index (χ2n) is 9.00. The Labute approximate surface area is 211 Å². The van der Waals surface area contributed by atoms with Crippen molar-refractivity contribution in [1.82, 2.24) is 20.4 Å². The summed E-state index contributed by atoms with van der Waals surface area (Å²) in [6.07, 6.45) is 0.972. The molecule has 2 aliphatic heterocycles. The predicted molar refractivity (Wildman–Crippen MR) is 144 cm³/mol. The van der Waals surface area contributed by atoms with Gasteiger partial charge in [0, 0.05) is 69.5 Å². The van der Waals surface area contributed by atoms with Crippen molar-refractivity contribution in [3.63, 3.8) is 0 Å². The molecule has 2 N–H and O–H groups in total. The number of nitrogens with zero attached hydrogens (tertiary/aromatic N) is 4. The van der Waals surface area contributed by atoms with Gasteiger partial charge < -0.3 is 20.4 Å². The molecular weight excluding hydrogens is 515 g/mol. The summed E-state index contributed by atoms with van der Waals surface area (Å²) >= 11 is 0. The minimum absolute atomic E-state index is 0. The van der Waals surface area contributed by atoms with Gasteiger partial charge in [0.2, 0.25) is 5.91 Å². The fraction of sp³-hybridized carbons (Fsp3) is 0.667. The lowest BCUT2D eigenvalue weighted by atomic mass is 10.2. The molecule has 0 aliphatic carbocycles. The fourth-order valence-electron chi connectivity index (χ4n) is 4.36. The van der Waals surface area contributed by atoms with Gasteiger partial charge in [0.05, 0.1) is 6.54 Å². The van der Waals surface area contributed by atoms with Crippen LogP contribution in [0.25, 0.3) is 0 Å². The normalized spacial score (nSPS) is 20.8. The Kier molecular flexibility index (Phi) is 11.0. The van der Waals surface area contributed by atoms with Gasteiger partial charge in [-0.15, -0.1) is 24.0 Å². The molecule has 0 saturated carbocycles. The van der Waals surface area contributed by atoms with Crippen molar-refractivity contribution in [3.8, 4) is 0 Å². The number of hydrogen-bond acceptors (Lipinski definition) is 4. The van der Waals surface area contributed by atoms with Crippen molar-refractivity contribution in [3.05, 3.63) is 30.3 Å². The third kappa shape index (κ3) is 7.50. The smallest absolute Gasteiger partial charge is 0.225 e. The highest BCUT2D eigenvalue weighted by Crippen LogP contribution is 2.17. The van der Waals surface area contributed by atoms with E-state index in [0.717, 1.165) is 64.7 Å². The number of anilines is 1. The van der Waals surface area contributed by atoms with Gasteiger partial charge in [-0.1, -0.05) is 32.0 Å². The van der Waals surface area contributed by atoms with Crippen molar-refractivity contribution < 1.29 is 4.79 Å². The second kappa shape index (κ2) is 13.2. The molecule has 2 heterocycles. The average molecular weight is 557 g/mol. The van der Waals surface area contributed by atoms with Crippen LogP contribution in [0.2, 0.25) is 0 Å². The molecule has 3 rings (SSSR count). The lowest BCUT2D eigenvalue weighted by Crippen LogP contribution is -2.51. The van der Waals surface area contributed by atoms with E-state index in [1.165, 1.54) is 5.69 Å². The molecule has 0 bridgehead atoms. The van der Waals surface area contributed by atoms with Gasteiger partial charge in [0.25, 0.3) is 0 Å². The molecule has 0 aromatic heterocycles. The van der Waals surface area contributed by atoms with Gasteiger partial charge in [0.15, 0.2) is 5.96 Å². The largest absolute Gasteiger partial charge is 0.369 e. The maximum absolute atomic E-state index is 12.2. The third-order valence-corrected chi connectivity index (χ3v) is 6.25. The summed E-state index contributed by atoms with van der Waals surface area (Å²) in [5.74, 6) is 1.17. The SMILES string of the molecule is CCNC(=NCC(C)N1CCN(c2ccccc2)CC1)NC1CCN(C(=O)C(C)C)C1.I. The average Bonchev–Trinajstić information content (AvgIpc) is 3.26. The third-order valence-electron chi connectivity index (χ3n) is 6.25. The number of para-hydroxylation sites is 1. The van der Waals surface area contributed by atoms with E-state index in [9.17, 15) is 4.79 Å². The number of aliphatic imine (C=N–C) groups is 1. The Morgan fingerprint density at radius 1 is 1.09 bits per heavy atom. The van der Waals surface area contributed by atoms with Gasteiger partial charge >= 0.3 is 0 Å². The maximum Gasteiger partial charge on any atom is 0.225 e. The number of carbonyl (C=O) groups is 1. The summed E-state index contributed by atoms with van der Waals surface area (Å²) in [5, 5.41) is 6.92. The second-order valence-corrected chi connectivity index (χ2v) is 9.00. The van der Waals surface area contributed by atoms with Crippen LogP contribution in [0.3, 0.4) is 0 Å². The van der Waals surface area contributed by atoms with Crippen molar-refractivity contribution >= 4 is 41.5 Å². The Morgan fingerprint density at radius 3 is 2.41 bits per heavy atom. The molecule has 2 atom stereocenters. The van der Waals surface area contributed by atoms with Crippen LogP contribution in [0.1, 0.15) is 34.1 Å². The molecule has 2 fully saturated rings. The molecule has 0 spiro atoms. The van der Waals surface area contributed by atoms with Crippen LogP contribution in [-0.2, 0) is 4.79 Å². The van der Waals surface area contributed by atoms with Crippen LogP contribution in [-0.4, -0.2) is 86.1 Å². The van der Waals surface area contributed by atoms with Gasteiger partial charge in [0.1, 0.15) is 0 Å². The molecule has 1 amide bonds. The van der Waals surface area contributed by atoms with Crippen LogP contribution in [0.4, 0.5) is 5.69 Å². The molecule has 1 aromatic rings. The van der Waals surface area contributed by atoms with E-state index in [1.54, 1.807) is 0 Å². The Bertz CT molecular complexity index is 720. The number of rotatable bonds is 7. The molecule has 8 heteroatoms. The van der Waals surface area contributed by atoms with Crippen LogP contribution < -0.4 is 15.5 Å². The van der Waals surface area contributed by atoms with Crippen LogP contribution in [0.15, 0.2) is 35.3 Å². The van der Waals surface area contributed by atoms with Crippen LogP contribution in [0, 0.1) is 5.92 Å². The van der Waals surface area contributed by atoms with E-state index in [0.29, 0.717) is 6.04 Å². The molecule has 2 saturated heterocycles. The van der Waals surface area contributed by atoms with Gasteiger partial charge in [-0.25, -0.2) is 0 Å². The van der Waals surface area contributed by atoms with E-state index in [1.807, 2.05) is 18.7 Å². The van der Waals surface area contributed by atoms with Gasteiger partial charge in [-0.05, 0) is 32.4 Å². The van der Waals surface area contributed by atoms with Crippen LogP contribution in [0.5, 0.6) is 0 Å². The number of benzene rings is 1. The summed E-state index contributed by atoms with van der Waals surface area (Å²) in [6, 6.07) is 11.3. The Morgan fingerprint density at radius 2 is 1.78 bits per heavy atom. The van der Waals surface area contributed by atoms with E-state index in [-0.39, 0.29) is 41.8 Å². The van der Waals surface area contributed by atoms with E-state index >= 15 is 0 Å². The summed E-state index contributed by atoms with van der Waals surface area (Å²) in [5.41, 5.74) is 1.31. The highest BCUT2D eigenvalue weighted by atomic mass is 127. The molecule has 1 aromatic carbocycles. The Hall–Kier alpha value is -1.55. The minimum atomic E-state index is 0. The first kappa shape index (κ1) is 26.7. The van der Waals surface area contributed by atoms with E-state index in [4.69, 9.17) is 4.99 Å². The van der Waals surface area contributed by atoms with Crippen molar-refractivity contribution in [2.24, 2.45) is 10.9 Å². The van der Waals surface area contributed by atoms with E-state index in [2.05, 4.69) is 64.6 Å². The lowest BCUT2D eigenvalue weighted by molar-refractivity contribution is -0.133. The summed E-state index contributed by atoms with van der Waals surface area (Å²) in [4.78, 5) is 24.1. The highest BCUT2D eigenvalue weighted by molar-refractivity contribution is 14.0. The van der Waals surface area contributed by atoms with Gasteiger partial charge in [-0.2, -0.15) is 0 Å². The molecule has 2 aliphatic rings. The zero-order valence-corrected chi connectivity index (χ0v) is 22.4.